The normalized spacial score (nSPS) is 16.6. The molecule has 0 aliphatic carbocycles. The Balaban J connectivity index is 1.61. The molecule has 0 saturated carbocycles. The van der Waals surface area contributed by atoms with Gasteiger partial charge < -0.3 is 5.32 Å². The van der Waals surface area contributed by atoms with Crippen LogP contribution in [0.3, 0.4) is 0 Å². The number of carbonyl (C=O) groups excluding carboxylic acids is 2. The molecule has 2 aromatic carbocycles. The first kappa shape index (κ1) is 24.3. The molecule has 8 nitrogen and oxygen atoms in total. The number of sulfonamides is 1. The molecule has 0 unspecified atom stereocenters. The summed E-state index contributed by atoms with van der Waals surface area (Å²) in [6.07, 6.45) is 3.54. The van der Waals surface area contributed by atoms with Crippen molar-refractivity contribution in [2.45, 2.75) is 36.7 Å². The SMILES string of the molecule is O=C(Nc1nccs1)c1ccc(CN([C@@H]2CCCCNC2=O)S(=O)(=O)c2ccc(Cl)cc2)cc1. The Kier molecular flexibility index (Phi) is 7.62. The van der Waals surface area contributed by atoms with Gasteiger partial charge in [-0.3, -0.25) is 14.9 Å². The minimum absolute atomic E-state index is 0.0164. The van der Waals surface area contributed by atoms with Gasteiger partial charge in [0.15, 0.2) is 5.13 Å². The van der Waals surface area contributed by atoms with Gasteiger partial charge in [0.1, 0.15) is 6.04 Å². The molecule has 1 fully saturated rings. The van der Waals surface area contributed by atoms with Crippen molar-refractivity contribution in [2.24, 2.45) is 0 Å². The summed E-state index contributed by atoms with van der Waals surface area (Å²) in [4.78, 5) is 29.3. The van der Waals surface area contributed by atoms with Crippen molar-refractivity contribution in [3.63, 3.8) is 0 Å². The fraction of sp³-hybridized carbons (Fsp3) is 0.261. The number of benzene rings is 2. The van der Waals surface area contributed by atoms with Gasteiger partial charge in [0.25, 0.3) is 5.91 Å². The summed E-state index contributed by atoms with van der Waals surface area (Å²) in [5.41, 5.74) is 1.07. The number of hydrogen-bond acceptors (Lipinski definition) is 6. The highest BCUT2D eigenvalue weighted by Crippen LogP contribution is 2.26. The molecule has 0 bridgehead atoms. The average molecular weight is 519 g/mol. The van der Waals surface area contributed by atoms with Gasteiger partial charge in [0.2, 0.25) is 15.9 Å². The van der Waals surface area contributed by atoms with Gasteiger partial charge in [-0.1, -0.05) is 23.7 Å². The first-order valence-electron chi connectivity index (χ1n) is 10.7. The molecule has 11 heteroatoms. The Morgan fingerprint density at radius 3 is 2.56 bits per heavy atom. The molecule has 1 saturated heterocycles. The van der Waals surface area contributed by atoms with E-state index in [1.54, 1.807) is 35.8 Å². The first-order chi connectivity index (χ1) is 16.3. The Labute approximate surface area is 207 Å². The van der Waals surface area contributed by atoms with Crippen molar-refractivity contribution in [3.8, 4) is 0 Å². The van der Waals surface area contributed by atoms with Gasteiger partial charge in [-0.05, 0) is 61.2 Å². The van der Waals surface area contributed by atoms with E-state index in [0.717, 1.165) is 12.8 Å². The van der Waals surface area contributed by atoms with Gasteiger partial charge in [0.05, 0.1) is 4.90 Å². The van der Waals surface area contributed by atoms with Gasteiger partial charge in [-0.25, -0.2) is 13.4 Å². The van der Waals surface area contributed by atoms with E-state index in [4.69, 9.17) is 11.6 Å². The zero-order valence-corrected chi connectivity index (χ0v) is 20.5. The summed E-state index contributed by atoms with van der Waals surface area (Å²) in [7, 11) is -4.00. The first-order valence-corrected chi connectivity index (χ1v) is 13.4. The van der Waals surface area contributed by atoms with Crippen LogP contribution in [0.1, 0.15) is 35.2 Å². The third-order valence-corrected chi connectivity index (χ3v) is 8.29. The minimum Gasteiger partial charge on any atom is -0.355 e. The zero-order chi connectivity index (χ0) is 24.1. The van der Waals surface area contributed by atoms with E-state index in [1.165, 1.54) is 39.9 Å². The number of aromatic nitrogens is 1. The van der Waals surface area contributed by atoms with Crippen molar-refractivity contribution in [1.29, 1.82) is 0 Å². The molecule has 3 aromatic rings. The number of rotatable bonds is 7. The van der Waals surface area contributed by atoms with Crippen LogP contribution >= 0.6 is 22.9 Å². The van der Waals surface area contributed by atoms with E-state index < -0.39 is 16.1 Å². The number of hydrogen-bond donors (Lipinski definition) is 2. The molecule has 1 aliphatic rings. The Morgan fingerprint density at radius 1 is 1.15 bits per heavy atom. The third-order valence-electron chi connectivity index (χ3n) is 5.48. The van der Waals surface area contributed by atoms with Gasteiger partial charge >= 0.3 is 0 Å². The second kappa shape index (κ2) is 10.6. The fourth-order valence-electron chi connectivity index (χ4n) is 3.70. The standard InChI is InChI=1S/C23H23ClN4O4S2/c24-18-8-10-19(11-9-18)34(31,32)28(20-3-1-2-12-25-22(20)30)15-16-4-6-17(7-5-16)21(29)27-23-26-13-14-33-23/h4-11,13-14,20H,1-3,12,15H2,(H,25,30)(H,26,27,29)/t20-/m1/s1. The quantitative estimate of drug-likeness (QED) is 0.493. The van der Waals surface area contributed by atoms with Crippen molar-refractivity contribution in [2.75, 3.05) is 11.9 Å². The molecule has 2 amide bonds. The average Bonchev–Trinajstić information content (AvgIpc) is 3.24. The van der Waals surface area contributed by atoms with Gasteiger partial charge in [0, 0.05) is 35.3 Å². The van der Waals surface area contributed by atoms with Gasteiger partial charge in [-0.2, -0.15) is 4.31 Å². The van der Waals surface area contributed by atoms with E-state index in [9.17, 15) is 18.0 Å². The molecule has 0 radical (unpaired) electrons. The van der Waals surface area contributed by atoms with Gasteiger partial charge in [-0.15, -0.1) is 11.3 Å². The summed E-state index contributed by atoms with van der Waals surface area (Å²) >= 11 is 7.26. The van der Waals surface area contributed by atoms with E-state index in [0.29, 0.717) is 34.2 Å². The number of anilines is 1. The predicted molar refractivity (Wildman–Crippen MR) is 131 cm³/mol. The number of nitrogens with zero attached hydrogens (tertiary/aromatic N) is 2. The smallest absolute Gasteiger partial charge is 0.257 e. The van der Waals surface area contributed by atoms with Crippen LogP contribution in [0, 0.1) is 0 Å². The van der Waals surface area contributed by atoms with Crippen LogP contribution in [0.4, 0.5) is 5.13 Å². The highest BCUT2D eigenvalue weighted by molar-refractivity contribution is 7.89. The zero-order valence-electron chi connectivity index (χ0n) is 18.1. The monoisotopic (exact) mass is 518 g/mol. The summed E-state index contributed by atoms with van der Waals surface area (Å²) in [6.45, 7) is 0.504. The van der Waals surface area contributed by atoms with Crippen molar-refractivity contribution >= 4 is 49.9 Å². The second-order valence-electron chi connectivity index (χ2n) is 7.80. The summed E-state index contributed by atoms with van der Waals surface area (Å²) < 4.78 is 28.4. The van der Waals surface area contributed by atoms with Crippen molar-refractivity contribution in [3.05, 3.63) is 76.3 Å². The molecule has 178 valence electrons. The Morgan fingerprint density at radius 2 is 1.88 bits per heavy atom. The van der Waals surface area contributed by atoms with Crippen LogP contribution in [-0.2, 0) is 21.4 Å². The largest absolute Gasteiger partial charge is 0.355 e. The second-order valence-corrected chi connectivity index (χ2v) is 11.0. The maximum atomic E-state index is 13.6. The maximum absolute atomic E-state index is 13.6. The molecular formula is C23H23ClN4O4S2. The van der Waals surface area contributed by atoms with Crippen LogP contribution in [0.15, 0.2) is 65.0 Å². The number of amides is 2. The summed E-state index contributed by atoms with van der Waals surface area (Å²) in [6, 6.07) is 11.7. The van der Waals surface area contributed by atoms with Crippen LogP contribution in [0.25, 0.3) is 0 Å². The van der Waals surface area contributed by atoms with E-state index in [1.807, 2.05) is 0 Å². The molecule has 2 N–H and O–H groups in total. The van der Waals surface area contributed by atoms with Crippen molar-refractivity contribution < 1.29 is 18.0 Å². The van der Waals surface area contributed by atoms with E-state index in [-0.39, 0.29) is 23.3 Å². The fourth-order valence-corrected chi connectivity index (χ4v) is 5.95. The number of thiazole rings is 1. The number of carbonyl (C=O) groups is 2. The molecule has 1 aromatic heterocycles. The lowest BCUT2D eigenvalue weighted by atomic mass is 10.1. The molecule has 1 aliphatic heterocycles. The Hall–Kier alpha value is -2.79. The lowest BCUT2D eigenvalue weighted by Gasteiger charge is -2.29. The predicted octanol–water partition coefficient (Wildman–Crippen LogP) is 3.91. The molecule has 4 rings (SSSR count). The van der Waals surface area contributed by atoms with Crippen LogP contribution < -0.4 is 10.6 Å². The molecule has 2 heterocycles. The Bertz CT molecular complexity index is 1250. The van der Waals surface area contributed by atoms with E-state index in [2.05, 4.69) is 15.6 Å². The van der Waals surface area contributed by atoms with Crippen LogP contribution in [-0.4, -0.2) is 42.1 Å². The topological polar surface area (TPSA) is 108 Å². The molecule has 34 heavy (non-hydrogen) atoms. The highest BCUT2D eigenvalue weighted by Gasteiger charge is 2.36. The third kappa shape index (κ3) is 5.64. The van der Waals surface area contributed by atoms with E-state index >= 15 is 0 Å². The molecule has 1 atom stereocenters. The molecular weight excluding hydrogens is 496 g/mol. The lowest BCUT2D eigenvalue weighted by Crippen LogP contribution is -2.48. The number of halogens is 1. The maximum Gasteiger partial charge on any atom is 0.257 e. The highest BCUT2D eigenvalue weighted by atomic mass is 35.5. The number of nitrogens with one attached hydrogen (secondary N) is 2. The van der Waals surface area contributed by atoms with Crippen molar-refractivity contribution in [1.82, 2.24) is 14.6 Å². The summed E-state index contributed by atoms with van der Waals surface area (Å²) in [5, 5.41) is 8.20. The minimum atomic E-state index is -4.00. The summed E-state index contributed by atoms with van der Waals surface area (Å²) in [5.74, 6) is -0.621. The molecule has 0 spiro atoms. The van der Waals surface area contributed by atoms with Crippen LogP contribution in [0.5, 0.6) is 0 Å². The van der Waals surface area contributed by atoms with Crippen LogP contribution in [0.2, 0.25) is 5.02 Å². The lowest BCUT2D eigenvalue weighted by molar-refractivity contribution is -0.124.